The first kappa shape index (κ1) is 16.9. The molecule has 0 unspecified atom stereocenters. The third-order valence-corrected chi connectivity index (χ3v) is 3.71. The number of rotatable bonds is 6. The van der Waals surface area contributed by atoms with Crippen LogP contribution in [0, 0.1) is 0 Å². The van der Waals surface area contributed by atoms with Gasteiger partial charge in [-0.1, -0.05) is 6.92 Å². The highest BCUT2D eigenvalue weighted by atomic mass is 16.5. The van der Waals surface area contributed by atoms with Crippen LogP contribution in [0.25, 0.3) is 10.8 Å². The largest absolute Gasteiger partial charge is 0.493 e. The third kappa shape index (κ3) is 3.16. The van der Waals surface area contributed by atoms with Crippen LogP contribution in [0.2, 0.25) is 0 Å². The van der Waals surface area contributed by atoms with Gasteiger partial charge >= 0.3 is 0 Å². The Morgan fingerprint density at radius 2 is 1.74 bits per heavy atom. The Morgan fingerprint density at radius 1 is 1.13 bits per heavy atom. The fourth-order valence-corrected chi connectivity index (χ4v) is 2.47. The Balaban J connectivity index is 2.77. The van der Waals surface area contributed by atoms with Gasteiger partial charge in [0.25, 0.3) is 11.5 Å². The molecule has 1 aromatic heterocycles. The van der Waals surface area contributed by atoms with Crippen molar-refractivity contribution in [1.29, 1.82) is 0 Å². The summed E-state index contributed by atoms with van der Waals surface area (Å²) in [6, 6.07) is 3.30. The Labute approximate surface area is 135 Å². The molecule has 2 aromatic rings. The molecule has 1 N–H and O–H groups in total. The van der Waals surface area contributed by atoms with Gasteiger partial charge < -0.3 is 19.4 Å². The number of fused-ring (bicyclic) bond motifs is 1. The van der Waals surface area contributed by atoms with Gasteiger partial charge in [-0.2, -0.15) is 0 Å². The predicted molar refractivity (Wildman–Crippen MR) is 89.6 cm³/mol. The van der Waals surface area contributed by atoms with Gasteiger partial charge in [0, 0.05) is 24.7 Å². The molecule has 0 bridgehead atoms. The van der Waals surface area contributed by atoms with E-state index in [0.29, 0.717) is 40.9 Å². The fraction of sp³-hybridized carbons (Fsp3) is 0.412. The lowest BCUT2D eigenvalue weighted by Crippen LogP contribution is -2.28. The quantitative estimate of drug-likeness (QED) is 0.886. The normalized spacial score (nSPS) is 10.6. The zero-order chi connectivity index (χ0) is 17.0. The highest BCUT2D eigenvalue weighted by Gasteiger charge is 2.17. The second-order valence-electron chi connectivity index (χ2n) is 5.14. The van der Waals surface area contributed by atoms with Crippen molar-refractivity contribution in [1.82, 2.24) is 9.88 Å². The summed E-state index contributed by atoms with van der Waals surface area (Å²) in [5, 5.41) is 3.85. The number of carbonyl (C=O) groups is 1. The van der Waals surface area contributed by atoms with E-state index < -0.39 is 0 Å². The van der Waals surface area contributed by atoms with Crippen LogP contribution >= 0.6 is 0 Å². The lowest BCUT2D eigenvalue weighted by atomic mass is 10.1. The van der Waals surface area contributed by atoms with E-state index in [1.165, 1.54) is 18.8 Å². The van der Waals surface area contributed by atoms with Crippen LogP contribution in [0.1, 0.15) is 30.6 Å². The molecule has 0 atom stereocenters. The molecule has 0 aliphatic heterocycles. The van der Waals surface area contributed by atoms with Crippen molar-refractivity contribution in [3.05, 3.63) is 34.2 Å². The van der Waals surface area contributed by atoms with Crippen molar-refractivity contribution in [2.45, 2.75) is 26.8 Å². The summed E-state index contributed by atoms with van der Waals surface area (Å²) >= 11 is 0. The van der Waals surface area contributed by atoms with Crippen LogP contribution in [0.15, 0.2) is 23.1 Å². The van der Waals surface area contributed by atoms with Gasteiger partial charge in [-0.15, -0.1) is 0 Å². The topological polar surface area (TPSA) is 69.6 Å². The second kappa shape index (κ2) is 7.17. The van der Waals surface area contributed by atoms with E-state index in [1.54, 1.807) is 18.3 Å². The van der Waals surface area contributed by atoms with E-state index in [1.807, 2.05) is 13.8 Å². The first-order valence-electron chi connectivity index (χ1n) is 7.64. The number of benzene rings is 1. The molecule has 0 saturated carbocycles. The first-order chi connectivity index (χ1) is 11.1. The van der Waals surface area contributed by atoms with Crippen molar-refractivity contribution in [3.63, 3.8) is 0 Å². The van der Waals surface area contributed by atoms with Crippen molar-refractivity contribution >= 4 is 16.7 Å². The third-order valence-electron chi connectivity index (χ3n) is 3.71. The number of nitrogens with zero attached hydrogens (tertiary/aromatic N) is 1. The van der Waals surface area contributed by atoms with Crippen molar-refractivity contribution < 1.29 is 14.3 Å². The SMILES string of the molecule is CCCNC(=O)c1cn(CC)c(=O)c2cc(OC)c(OC)cc12. The summed E-state index contributed by atoms with van der Waals surface area (Å²) in [5.41, 5.74) is 0.298. The van der Waals surface area contributed by atoms with E-state index >= 15 is 0 Å². The summed E-state index contributed by atoms with van der Waals surface area (Å²) < 4.78 is 12.1. The van der Waals surface area contributed by atoms with Gasteiger partial charge in [-0.3, -0.25) is 9.59 Å². The number of aromatic nitrogens is 1. The molecular formula is C17H22N2O4. The monoisotopic (exact) mass is 318 g/mol. The molecule has 6 nitrogen and oxygen atoms in total. The minimum absolute atomic E-state index is 0.157. The zero-order valence-electron chi connectivity index (χ0n) is 13.9. The Hall–Kier alpha value is -2.50. The zero-order valence-corrected chi connectivity index (χ0v) is 13.9. The molecule has 0 radical (unpaired) electrons. The minimum Gasteiger partial charge on any atom is -0.493 e. The van der Waals surface area contributed by atoms with Gasteiger partial charge in [0.1, 0.15) is 0 Å². The van der Waals surface area contributed by atoms with E-state index in [0.717, 1.165) is 6.42 Å². The molecule has 0 saturated heterocycles. The van der Waals surface area contributed by atoms with Crippen molar-refractivity contribution in [2.24, 2.45) is 0 Å². The van der Waals surface area contributed by atoms with E-state index in [-0.39, 0.29) is 11.5 Å². The Kier molecular flexibility index (Phi) is 5.26. The van der Waals surface area contributed by atoms with Gasteiger partial charge in [0.15, 0.2) is 11.5 Å². The van der Waals surface area contributed by atoms with Crippen LogP contribution in [0.5, 0.6) is 11.5 Å². The van der Waals surface area contributed by atoms with Gasteiger partial charge in [0.05, 0.1) is 25.2 Å². The number of methoxy groups -OCH3 is 2. The maximum absolute atomic E-state index is 12.6. The van der Waals surface area contributed by atoms with Crippen LogP contribution in [-0.2, 0) is 6.54 Å². The number of hydrogen-bond acceptors (Lipinski definition) is 4. The average molecular weight is 318 g/mol. The summed E-state index contributed by atoms with van der Waals surface area (Å²) in [6.45, 7) is 4.91. The molecule has 1 aromatic carbocycles. The maximum Gasteiger partial charge on any atom is 0.258 e. The molecule has 0 spiro atoms. The molecular weight excluding hydrogens is 296 g/mol. The second-order valence-corrected chi connectivity index (χ2v) is 5.14. The summed E-state index contributed by atoms with van der Waals surface area (Å²) in [4.78, 5) is 25.0. The van der Waals surface area contributed by atoms with Crippen LogP contribution in [0.4, 0.5) is 0 Å². The molecule has 1 amide bonds. The molecule has 0 aliphatic rings. The Morgan fingerprint density at radius 3 is 2.26 bits per heavy atom. The number of aryl methyl sites for hydroxylation is 1. The van der Waals surface area contributed by atoms with E-state index in [9.17, 15) is 9.59 Å². The minimum atomic E-state index is -0.203. The molecule has 0 aliphatic carbocycles. The van der Waals surface area contributed by atoms with Crippen molar-refractivity contribution in [2.75, 3.05) is 20.8 Å². The fourth-order valence-electron chi connectivity index (χ4n) is 2.47. The molecule has 6 heteroatoms. The molecule has 0 fully saturated rings. The lowest BCUT2D eigenvalue weighted by Gasteiger charge is -2.14. The standard InChI is InChI=1S/C17H22N2O4/c1-5-7-18-16(20)13-10-19(6-2)17(21)12-9-15(23-4)14(22-3)8-11(12)13/h8-10H,5-7H2,1-4H3,(H,18,20). The number of ether oxygens (including phenoxy) is 2. The predicted octanol–water partition coefficient (Wildman–Crippen LogP) is 2.18. The van der Waals surface area contributed by atoms with Gasteiger partial charge in [-0.25, -0.2) is 0 Å². The molecule has 2 rings (SSSR count). The van der Waals surface area contributed by atoms with Crippen LogP contribution < -0.4 is 20.3 Å². The Bertz CT molecular complexity index is 780. The smallest absolute Gasteiger partial charge is 0.258 e. The first-order valence-corrected chi connectivity index (χ1v) is 7.64. The molecule has 124 valence electrons. The number of amides is 1. The molecule has 23 heavy (non-hydrogen) atoms. The van der Waals surface area contributed by atoms with E-state index in [4.69, 9.17) is 9.47 Å². The molecule has 1 heterocycles. The van der Waals surface area contributed by atoms with E-state index in [2.05, 4.69) is 5.32 Å². The van der Waals surface area contributed by atoms with Crippen LogP contribution in [-0.4, -0.2) is 31.2 Å². The number of nitrogens with one attached hydrogen (secondary N) is 1. The summed E-state index contributed by atoms with van der Waals surface area (Å²) in [6.07, 6.45) is 2.44. The number of pyridine rings is 1. The highest BCUT2D eigenvalue weighted by molar-refractivity contribution is 6.07. The van der Waals surface area contributed by atoms with Gasteiger partial charge in [-0.05, 0) is 25.5 Å². The number of hydrogen-bond donors (Lipinski definition) is 1. The average Bonchev–Trinajstić information content (AvgIpc) is 2.58. The summed E-state index contributed by atoms with van der Waals surface area (Å²) in [5.74, 6) is 0.746. The maximum atomic E-state index is 12.6. The number of carbonyl (C=O) groups excluding carboxylic acids is 1. The van der Waals surface area contributed by atoms with Crippen LogP contribution in [0.3, 0.4) is 0 Å². The summed E-state index contributed by atoms with van der Waals surface area (Å²) in [7, 11) is 3.04. The highest BCUT2D eigenvalue weighted by Crippen LogP contribution is 2.32. The van der Waals surface area contributed by atoms with Crippen molar-refractivity contribution in [3.8, 4) is 11.5 Å². The van der Waals surface area contributed by atoms with Gasteiger partial charge in [0.2, 0.25) is 0 Å². The lowest BCUT2D eigenvalue weighted by molar-refractivity contribution is 0.0954.